The van der Waals surface area contributed by atoms with Gasteiger partial charge in [-0.3, -0.25) is 0 Å². The van der Waals surface area contributed by atoms with Crippen LogP contribution in [0.2, 0.25) is 0 Å². The number of likely N-dealkylation sites (N-methyl/N-ethyl adjacent to an activating group) is 1. The van der Waals surface area contributed by atoms with E-state index >= 15 is 0 Å². The Labute approximate surface area is 106 Å². The topological polar surface area (TPSA) is 29.5 Å². The molecule has 0 atom stereocenters. The van der Waals surface area contributed by atoms with Crippen LogP contribution in [0.4, 0.5) is 0 Å². The fourth-order valence-corrected chi connectivity index (χ4v) is 1.70. The van der Waals surface area contributed by atoms with Crippen LogP contribution in [0.1, 0.15) is 46.0 Å². The van der Waals surface area contributed by atoms with Crippen molar-refractivity contribution in [3.63, 3.8) is 0 Å². The summed E-state index contributed by atoms with van der Waals surface area (Å²) in [5, 5.41) is 0. The van der Waals surface area contributed by atoms with Crippen molar-refractivity contribution < 1.29 is 9.53 Å². The average molecular weight is 241 g/mol. The van der Waals surface area contributed by atoms with Gasteiger partial charge in [0.15, 0.2) is 0 Å². The average Bonchev–Trinajstić information content (AvgIpc) is 2.36. The predicted octanol–water partition coefficient (Wildman–Crippen LogP) is 3.01. The lowest BCUT2D eigenvalue weighted by Crippen LogP contribution is -2.29. The Morgan fingerprint density at radius 1 is 1.18 bits per heavy atom. The number of hydrogen-bond donors (Lipinski definition) is 0. The summed E-state index contributed by atoms with van der Waals surface area (Å²) in [7, 11) is 0. The molecule has 0 saturated carbocycles. The first-order valence-electron chi connectivity index (χ1n) is 6.76. The molecule has 100 valence electrons. The van der Waals surface area contributed by atoms with E-state index in [0.29, 0.717) is 6.61 Å². The van der Waals surface area contributed by atoms with Gasteiger partial charge in [-0.2, -0.15) is 0 Å². The van der Waals surface area contributed by atoms with E-state index in [-0.39, 0.29) is 5.97 Å². The summed E-state index contributed by atoms with van der Waals surface area (Å²) < 4.78 is 4.97. The van der Waals surface area contributed by atoms with Crippen molar-refractivity contribution in [3.05, 3.63) is 12.7 Å². The van der Waals surface area contributed by atoms with Gasteiger partial charge < -0.3 is 9.64 Å². The van der Waals surface area contributed by atoms with Crippen LogP contribution in [0, 0.1) is 0 Å². The number of hydrogen-bond acceptors (Lipinski definition) is 3. The predicted molar refractivity (Wildman–Crippen MR) is 72.0 cm³/mol. The van der Waals surface area contributed by atoms with E-state index in [1.807, 2.05) is 0 Å². The second-order valence-electron chi connectivity index (χ2n) is 4.22. The normalized spacial score (nSPS) is 10.5. The van der Waals surface area contributed by atoms with E-state index in [0.717, 1.165) is 19.6 Å². The molecule has 0 aliphatic carbocycles. The lowest BCUT2D eigenvalue weighted by molar-refractivity contribution is -0.138. The van der Waals surface area contributed by atoms with Crippen molar-refractivity contribution in [3.8, 4) is 0 Å². The lowest BCUT2D eigenvalue weighted by atomic mass is 10.1. The van der Waals surface area contributed by atoms with Gasteiger partial charge in [-0.1, -0.05) is 46.1 Å². The number of nitrogens with zero attached hydrogens (tertiary/aromatic N) is 1. The molecule has 0 fully saturated rings. The molecule has 0 heterocycles. The molecule has 0 aromatic carbocycles. The second-order valence-corrected chi connectivity index (χ2v) is 4.22. The molecule has 0 rings (SSSR count). The van der Waals surface area contributed by atoms with Crippen molar-refractivity contribution in [2.75, 3.05) is 26.2 Å². The molecule has 0 bridgehead atoms. The summed E-state index contributed by atoms with van der Waals surface area (Å²) in [6, 6.07) is 0. The van der Waals surface area contributed by atoms with E-state index in [4.69, 9.17) is 4.74 Å². The van der Waals surface area contributed by atoms with Crippen LogP contribution in [0.25, 0.3) is 0 Å². The van der Waals surface area contributed by atoms with Gasteiger partial charge in [-0.15, -0.1) is 0 Å². The molecule has 0 aliphatic rings. The highest BCUT2D eigenvalue weighted by molar-refractivity contribution is 5.81. The highest BCUT2D eigenvalue weighted by Gasteiger charge is 2.03. The van der Waals surface area contributed by atoms with Crippen LogP contribution in [-0.2, 0) is 9.53 Å². The monoisotopic (exact) mass is 241 g/mol. The summed E-state index contributed by atoms with van der Waals surface area (Å²) in [5.41, 5.74) is 0. The van der Waals surface area contributed by atoms with Crippen LogP contribution in [0.5, 0.6) is 0 Å². The fraction of sp³-hybridized carbons (Fsp3) is 0.786. The molecular formula is C14H27NO2. The number of esters is 1. The second kappa shape index (κ2) is 11.6. The minimum absolute atomic E-state index is 0.330. The Kier molecular flexibility index (Phi) is 11.1. The van der Waals surface area contributed by atoms with Crippen molar-refractivity contribution in [1.82, 2.24) is 4.90 Å². The fourth-order valence-electron chi connectivity index (χ4n) is 1.70. The molecule has 0 aromatic rings. The van der Waals surface area contributed by atoms with Gasteiger partial charge in [-0.25, -0.2) is 4.79 Å². The summed E-state index contributed by atoms with van der Waals surface area (Å²) in [5.74, 6) is -0.330. The molecule has 0 radical (unpaired) electrons. The van der Waals surface area contributed by atoms with Crippen molar-refractivity contribution in [1.29, 1.82) is 0 Å². The molecule has 0 aliphatic heterocycles. The summed E-state index contributed by atoms with van der Waals surface area (Å²) in [6.45, 7) is 11.1. The zero-order chi connectivity index (χ0) is 12.9. The van der Waals surface area contributed by atoms with Gasteiger partial charge in [0.05, 0.1) is 0 Å². The Morgan fingerprint density at radius 2 is 1.88 bits per heavy atom. The van der Waals surface area contributed by atoms with Crippen LogP contribution in [-0.4, -0.2) is 37.1 Å². The first-order valence-corrected chi connectivity index (χ1v) is 6.76. The van der Waals surface area contributed by atoms with E-state index in [1.165, 1.54) is 38.2 Å². The molecule has 0 aromatic heterocycles. The third-order valence-electron chi connectivity index (χ3n) is 2.84. The Morgan fingerprint density at radius 3 is 2.47 bits per heavy atom. The van der Waals surface area contributed by atoms with Crippen molar-refractivity contribution in [2.24, 2.45) is 0 Å². The molecule has 0 amide bonds. The van der Waals surface area contributed by atoms with Gasteiger partial charge in [0.1, 0.15) is 6.61 Å². The van der Waals surface area contributed by atoms with E-state index < -0.39 is 0 Å². The maximum Gasteiger partial charge on any atom is 0.330 e. The molecule has 0 saturated heterocycles. The minimum Gasteiger partial charge on any atom is -0.461 e. The molecule has 3 heteroatoms. The summed E-state index contributed by atoms with van der Waals surface area (Å²) in [4.78, 5) is 13.2. The van der Waals surface area contributed by atoms with Crippen molar-refractivity contribution in [2.45, 2.75) is 46.0 Å². The molecular weight excluding hydrogens is 214 g/mol. The van der Waals surface area contributed by atoms with Gasteiger partial charge >= 0.3 is 5.97 Å². The maximum atomic E-state index is 10.9. The van der Waals surface area contributed by atoms with E-state index in [2.05, 4.69) is 25.3 Å². The zero-order valence-electron chi connectivity index (χ0n) is 11.4. The largest absolute Gasteiger partial charge is 0.461 e. The lowest BCUT2D eigenvalue weighted by Gasteiger charge is -2.19. The third-order valence-corrected chi connectivity index (χ3v) is 2.84. The van der Waals surface area contributed by atoms with Crippen LogP contribution < -0.4 is 0 Å². The van der Waals surface area contributed by atoms with Gasteiger partial charge in [0, 0.05) is 12.6 Å². The number of carbonyl (C=O) groups excluding carboxylic acids is 1. The Balaban J connectivity index is 3.48. The number of carbonyl (C=O) groups is 1. The first kappa shape index (κ1) is 16.2. The summed E-state index contributed by atoms with van der Waals surface area (Å²) >= 11 is 0. The summed E-state index contributed by atoms with van der Waals surface area (Å²) in [6.07, 6.45) is 7.71. The van der Waals surface area contributed by atoms with E-state index in [1.54, 1.807) is 0 Å². The molecule has 17 heavy (non-hydrogen) atoms. The number of unbranched alkanes of at least 4 members (excludes halogenated alkanes) is 4. The van der Waals surface area contributed by atoms with Crippen molar-refractivity contribution >= 4 is 5.97 Å². The third kappa shape index (κ3) is 10.1. The van der Waals surface area contributed by atoms with E-state index in [9.17, 15) is 4.79 Å². The quantitative estimate of drug-likeness (QED) is 0.316. The standard InChI is InChI=1S/C14H27NO2/c1-4-7-8-9-10-11-15(6-3)12-13-17-14(16)5-2/h5H,2,4,6-13H2,1,3H3. The Bertz CT molecular complexity index is 204. The van der Waals surface area contributed by atoms with Gasteiger partial charge in [-0.05, 0) is 19.5 Å². The first-order chi connectivity index (χ1) is 8.24. The molecule has 0 spiro atoms. The van der Waals surface area contributed by atoms with Gasteiger partial charge in [0.2, 0.25) is 0 Å². The van der Waals surface area contributed by atoms with Crippen LogP contribution >= 0.6 is 0 Å². The van der Waals surface area contributed by atoms with Gasteiger partial charge in [0.25, 0.3) is 0 Å². The maximum absolute atomic E-state index is 10.9. The zero-order valence-corrected chi connectivity index (χ0v) is 11.4. The number of rotatable bonds is 11. The molecule has 0 N–H and O–H groups in total. The smallest absolute Gasteiger partial charge is 0.330 e. The highest BCUT2D eigenvalue weighted by atomic mass is 16.5. The highest BCUT2D eigenvalue weighted by Crippen LogP contribution is 2.03. The molecule has 3 nitrogen and oxygen atoms in total. The SMILES string of the molecule is C=CC(=O)OCCN(CC)CCCCCCC. The van der Waals surface area contributed by atoms with Crippen LogP contribution in [0.15, 0.2) is 12.7 Å². The minimum atomic E-state index is -0.330. The number of ether oxygens (including phenoxy) is 1. The Hall–Kier alpha value is -0.830. The molecule has 0 unspecified atom stereocenters. The van der Waals surface area contributed by atoms with Crippen LogP contribution in [0.3, 0.4) is 0 Å².